The lowest BCUT2D eigenvalue weighted by Gasteiger charge is -2.37. The van der Waals surface area contributed by atoms with Crippen molar-refractivity contribution in [3.8, 4) is 0 Å². The van der Waals surface area contributed by atoms with Crippen molar-refractivity contribution >= 4 is 19.4 Å². The van der Waals surface area contributed by atoms with Gasteiger partial charge in [-0.2, -0.15) is 0 Å². The summed E-state index contributed by atoms with van der Waals surface area (Å²) in [6.45, 7) is 7.76. The van der Waals surface area contributed by atoms with Gasteiger partial charge in [0.25, 0.3) is 5.31 Å². The molecule has 0 bridgehead atoms. The molecule has 1 fully saturated rings. The quantitative estimate of drug-likeness (QED) is 0.762. The van der Waals surface area contributed by atoms with E-state index in [0.29, 0.717) is 0 Å². The predicted octanol–water partition coefficient (Wildman–Crippen LogP) is 3.97. The van der Waals surface area contributed by atoms with Gasteiger partial charge in [-0.25, -0.2) is 0 Å². The van der Waals surface area contributed by atoms with Crippen LogP contribution in [-0.4, -0.2) is 36.9 Å². The van der Waals surface area contributed by atoms with E-state index in [2.05, 4.69) is 18.7 Å². The zero-order chi connectivity index (χ0) is 16.7. The van der Waals surface area contributed by atoms with Crippen molar-refractivity contribution in [1.29, 1.82) is 0 Å². The molecule has 0 saturated carbocycles. The Morgan fingerprint density at radius 2 is 1.83 bits per heavy atom. The van der Waals surface area contributed by atoms with Gasteiger partial charge in [0.05, 0.1) is 18.9 Å². The second kappa shape index (κ2) is 5.98. The van der Waals surface area contributed by atoms with E-state index in [1.807, 2.05) is 30.3 Å². The topological polar surface area (TPSA) is 45.1 Å². The van der Waals surface area contributed by atoms with E-state index in [1.165, 1.54) is 5.70 Å². The fraction of sp³-hybridized carbons (Fsp3) is 0.500. The number of fused-ring (bicyclic) bond motifs is 1. The summed E-state index contributed by atoms with van der Waals surface area (Å²) < 4.78 is 20.5. The summed E-state index contributed by atoms with van der Waals surface area (Å²) in [4.78, 5) is 2.36. The average Bonchev–Trinajstić information content (AvgIpc) is 2.91. The third-order valence-corrected chi connectivity index (χ3v) is 6.36. The lowest BCUT2D eigenvalue weighted by Crippen LogP contribution is -2.39. The van der Waals surface area contributed by atoms with Gasteiger partial charge in [0.2, 0.25) is 0 Å². The Kier molecular flexibility index (Phi) is 3.93. The maximum Gasteiger partial charge on any atom is 0.527 e. The molecule has 6 heteroatoms. The Hall–Kier alpha value is -1.71. The normalized spacial score (nSPS) is 24.9. The molecule has 1 saturated heterocycles. The summed E-state index contributed by atoms with van der Waals surface area (Å²) >= 11 is 0. The molecule has 0 radical (unpaired) electrons. The minimum absolute atomic E-state index is 0.138. The number of hydrazone groups is 1. The summed E-state index contributed by atoms with van der Waals surface area (Å²) in [7, 11) is -1.69. The molecule has 0 spiro atoms. The third kappa shape index (κ3) is 2.76. The highest BCUT2D eigenvalue weighted by atomic mass is 31.1. The molecule has 1 atom stereocenters. The molecule has 2 heterocycles. The number of hydrogen-bond acceptors (Lipinski definition) is 4. The van der Waals surface area contributed by atoms with Crippen LogP contribution in [0, 0.1) is 5.41 Å². The van der Waals surface area contributed by atoms with E-state index in [0.717, 1.165) is 55.9 Å². The summed E-state index contributed by atoms with van der Waals surface area (Å²) in [6.07, 6.45) is 1.83. The highest BCUT2D eigenvalue weighted by Gasteiger charge is 2.51. The van der Waals surface area contributed by atoms with Crippen LogP contribution in [0.2, 0.25) is 0 Å². The summed E-state index contributed by atoms with van der Waals surface area (Å²) in [5.74, 6) is 0. The first-order chi connectivity index (χ1) is 11.6. The lowest BCUT2D eigenvalue weighted by atomic mass is 9.78. The van der Waals surface area contributed by atoms with E-state index in [1.54, 1.807) is 4.78 Å². The Labute approximate surface area is 143 Å². The Bertz CT molecular complexity index is 721. The molecular formula is C18H23N3O2P+. The van der Waals surface area contributed by atoms with Crippen molar-refractivity contribution in [1.82, 2.24) is 4.90 Å². The van der Waals surface area contributed by atoms with Crippen molar-refractivity contribution in [3.05, 3.63) is 41.3 Å². The number of allylic oxidation sites excluding steroid dienone is 2. The van der Waals surface area contributed by atoms with Crippen LogP contribution in [0.25, 0.3) is 0 Å². The Morgan fingerprint density at radius 3 is 2.54 bits per heavy atom. The molecule has 3 aliphatic rings. The van der Waals surface area contributed by atoms with Crippen LogP contribution in [0.3, 0.4) is 0 Å². The molecule has 4 rings (SSSR count). The Morgan fingerprint density at radius 1 is 1.12 bits per heavy atom. The van der Waals surface area contributed by atoms with Crippen molar-refractivity contribution in [3.63, 3.8) is 0 Å². The van der Waals surface area contributed by atoms with Crippen molar-refractivity contribution in [2.45, 2.75) is 26.7 Å². The molecule has 1 aliphatic carbocycles. The number of anilines is 1. The van der Waals surface area contributed by atoms with Crippen molar-refractivity contribution in [2.24, 2.45) is 10.5 Å². The molecule has 1 aromatic rings. The minimum Gasteiger partial charge on any atom is -0.378 e. The number of ether oxygens (including phenoxy) is 1. The van der Waals surface area contributed by atoms with Gasteiger partial charge in [0.15, 0.2) is 0 Å². The van der Waals surface area contributed by atoms with E-state index in [9.17, 15) is 4.57 Å². The van der Waals surface area contributed by atoms with E-state index in [4.69, 9.17) is 9.84 Å². The molecule has 1 aromatic carbocycles. The van der Waals surface area contributed by atoms with Crippen LogP contribution in [0.15, 0.2) is 46.4 Å². The molecule has 0 N–H and O–H groups in total. The fourth-order valence-electron chi connectivity index (χ4n) is 3.68. The average molecular weight is 344 g/mol. The highest BCUT2D eigenvalue weighted by Crippen LogP contribution is 2.54. The first-order valence-corrected chi connectivity index (χ1v) is 9.72. The highest BCUT2D eigenvalue weighted by molar-refractivity contribution is 7.53. The first-order valence-electron chi connectivity index (χ1n) is 8.51. The molecule has 1 unspecified atom stereocenters. The fourth-order valence-corrected chi connectivity index (χ4v) is 5.18. The maximum atomic E-state index is 13.2. The van der Waals surface area contributed by atoms with E-state index < -0.39 is 7.95 Å². The minimum atomic E-state index is -1.69. The molecule has 5 nitrogen and oxygen atoms in total. The van der Waals surface area contributed by atoms with Crippen molar-refractivity contribution in [2.75, 3.05) is 31.1 Å². The molecule has 24 heavy (non-hydrogen) atoms. The predicted molar refractivity (Wildman–Crippen MR) is 96.4 cm³/mol. The van der Waals surface area contributed by atoms with Crippen LogP contribution in [-0.2, 0) is 9.30 Å². The SMILES string of the molecule is CC1(C)CC2=NN(c3ccccc3)[P+](=O)C2=C(N2CCOCC2)C1. The molecule has 2 aliphatic heterocycles. The van der Waals surface area contributed by atoms with Gasteiger partial charge < -0.3 is 9.64 Å². The van der Waals surface area contributed by atoms with Crippen LogP contribution in [0.4, 0.5) is 5.69 Å². The number of benzene rings is 1. The van der Waals surface area contributed by atoms with Gasteiger partial charge in [0.1, 0.15) is 11.4 Å². The van der Waals surface area contributed by atoms with Gasteiger partial charge in [-0.1, -0.05) is 32.0 Å². The second-order valence-corrected chi connectivity index (χ2v) is 8.73. The van der Waals surface area contributed by atoms with Crippen molar-refractivity contribution < 1.29 is 9.30 Å². The number of morpholine rings is 1. The molecular weight excluding hydrogens is 321 g/mol. The smallest absolute Gasteiger partial charge is 0.378 e. The van der Waals surface area contributed by atoms with Gasteiger partial charge in [-0.3, -0.25) is 0 Å². The number of rotatable bonds is 2. The van der Waals surface area contributed by atoms with Gasteiger partial charge in [-0.05, 0) is 33.3 Å². The Balaban J connectivity index is 1.76. The summed E-state index contributed by atoms with van der Waals surface area (Å²) in [6, 6.07) is 9.82. The van der Waals surface area contributed by atoms with Gasteiger partial charge in [0, 0.05) is 19.5 Å². The standard InChI is InChI=1S/C18H23N3O2P/c1-18(2)12-15-17(16(13-18)20-8-10-23-11-9-20)24(22)21(19-15)14-6-4-3-5-7-14/h3-7H,8-13H2,1-2H3/q+1. The van der Waals surface area contributed by atoms with Crippen LogP contribution >= 0.6 is 7.95 Å². The van der Waals surface area contributed by atoms with E-state index >= 15 is 0 Å². The van der Waals surface area contributed by atoms with Gasteiger partial charge >= 0.3 is 7.95 Å². The molecule has 0 amide bonds. The maximum absolute atomic E-state index is 13.2. The monoisotopic (exact) mass is 344 g/mol. The number of hydrogen-bond donors (Lipinski definition) is 0. The molecule has 126 valence electrons. The van der Waals surface area contributed by atoms with E-state index in [-0.39, 0.29) is 5.41 Å². The summed E-state index contributed by atoms with van der Waals surface area (Å²) in [5.41, 5.74) is 3.25. The zero-order valence-electron chi connectivity index (χ0n) is 14.2. The third-order valence-electron chi connectivity index (χ3n) is 4.80. The largest absolute Gasteiger partial charge is 0.527 e. The zero-order valence-corrected chi connectivity index (χ0v) is 15.1. The number of nitrogens with zero attached hydrogens (tertiary/aromatic N) is 3. The second-order valence-electron chi connectivity index (χ2n) is 7.36. The first kappa shape index (κ1) is 15.8. The number of para-hydroxylation sites is 1. The van der Waals surface area contributed by atoms with Crippen LogP contribution in [0.5, 0.6) is 0 Å². The van der Waals surface area contributed by atoms with Crippen LogP contribution in [0.1, 0.15) is 26.7 Å². The van der Waals surface area contributed by atoms with Gasteiger partial charge in [-0.15, -0.1) is 5.10 Å². The summed E-state index contributed by atoms with van der Waals surface area (Å²) in [5, 5.41) is 5.72. The van der Waals surface area contributed by atoms with Crippen LogP contribution < -0.4 is 4.78 Å². The lowest BCUT2D eigenvalue weighted by molar-refractivity contribution is 0.0489. The molecule has 0 aromatic heterocycles.